The molecule has 0 spiro atoms. The van der Waals surface area contributed by atoms with Crippen LogP contribution in [0.25, 0.3) is 0 Å². The van der Waals surface area contributed by atoms with E-state index in [-0.39, 0.29) is 12.6 Å². The van der Waals surface area contributed by atoms with Gasteiger partial charge in [0.2, 0.25) is 0 Å². The molecule has 2 aromatic rings. The Morgan fingerprint density at radius 1 is 1.00 bits per heavy atom. The number of ether oxygens (including phenoxy) is 3. The maximum absolute atomic E-state index is 11.5. The molecule has 5 nitrogen and oxygen atoms in total. The minimum atomic E-state index is -0.204. The Balaban J connectivity index is 2.06. The van der Waals surface area contributed by atoms with E-state index in [0.29, 0.717) is 36.7 Å². The molecule has 0 atom stereocenters. The second-order valence-corrected chi connectivity index (χ2v) is 5.86. The van der Waals surface area contributed by atoms with Gasteiger partial charge < -0.3 is 19.3 Å². The van der Waals surface area contributed by atoms with E-state index in [4.69, 9.17) is 19.3 Å². The quantitative estimate of drug-likeness (QED) is 0.653. The van der Waals surface area contributed by atoms with Gasteiger partial charge in [-0.25, -0.2) is 0 Å². The van der Waals surface area contributed by atoms with Gasteiger partial charge in [0.05, 0.1) is 13.7 Å². The highest BCUT2D eigenvalue weighted by atomic mass is 16.5. The lowest BCUT2D eigenvalue weighted by Crippen LogP contribution is -2.05. The summed E-state index contributed by atoms with van der Waals surface area (Å²) in [5.41, 5.74) is 2.13. The first kappa shape index (κ1) is 19.8. The van der Waals surface area contributed by atoms with Crippen LogP contribution in [-0.4, -0.2) is 31.4 Å². The zero-order valence-corrected chi connectivity index (χ0v) is 15.4. The number of rotatable bonds is 10. The minimum Gasteiger partial charge on any atom is -0.493 e. The summed E-state index contributed by atoms with van der Waals surface area (Å²) in [5.74, 6) is 1.74. The number of hydrogen-bond acceptors (Lipinski definition) is 5. The van der Waals surface area contributed by atoms with Crippen molar-refractivity contribution in [3.63, 3.8) is 0 Å². The topological polar surface area (TPSA) is 65.0 Å². The number of methoxy groups -OCH3 is 1. The Morgan fingerprint density at radius 3 is 2.38 bits per heavy atom. The van der Waals surface area contributed by atoms with Crippen LogP contribution in [-0.2, 0) is 22.4 Å². The zero-order valence-electron chi connectivity index (χ0n) is 15.4. The van der Waals surface area contributed by atoms with E-state index >= 15 is 0 Å². The lowest BCUT2D eigenvalue weighted by molar-refractivity contribution is -0.143. The Labute approximate surface area is 154 Å². The molecule has 26 heavy (non-hydrogen) atoms. The molecule has 5 heteroatoms. The first-order valence-electron chi connectivity index (χ1n) is 8.86. The molecular weight excluding hydrogens is 332 g/mol. The summed E-state index contributed by atoms with van der Waals surface area (Å²) >= 11 is 0. The third-order valence-corrected chi connectivity index (χ3v) is 3.93. The summed E-state index contributed by atoms with van der Waals surface area (Å²) in [6.45, 7) is 2.38. The fraction of sp³-hybridized carbons (Fsp3) is 0.381. The summed E-state index contributed by atoms with van der Waals surface area (Å²) in [5, 5.41) is 8.90. The summed E-state index contributed by atoms with van der Waals surface area (Å²) < 4.78 is 16.3. The van der Waals surface area contributed by atoms with Crippen LogP contribution >= 0.6 is 0 Å². The molecule has 0 heterocycles. The Morgan fingerprint density at radius 2 is 1.73 bits per heavy atom. The molecule has 0 unspecified atom stereocenters. The zero-order chi connectivity index (χ0) is 18.8. The van der Waals surface area contributed by atoms with Crippen LogP contribution in [0.2, 0.25) is 0 Å². The van der Waals surface area contributed by atoms with Gasteiger partial charge in [0.15, 0.2) is 11.5 Å². The highest BCUT2D eigenvalue weighted by Crippen LogP contribution is 2.33. The summed E-state index contributed by atoms with van der Waals surface area (Å²) in [7, 11) is 1.60. The van der Waals surface area contributed by atoms with Gasteiger partial charge in [-0.2, -0.15) is 0 Å². The van der Waals surface area contributed by atoms with E-state index in [1.807, 2.05) is 42.5 Å². The van der Waals surface area contributed by atoms with Crippen molar-refractivity contribution in [2.75, 3.05) is 20.3 Å². The molecule has 0 aliphatic carbocycles. The maximum atomic E-state index is 11.5. The number of hydrogen-bond donors (Lipinski definition) is 1. The van der Waals surface area contributed by atoms with Crippen LogP contribution in [0.15, 0.2) is 42.5 Å². The highest BCUT2D eigenvalue weighted by molar-refractivity contribution is 5.69. The van der Waals surface area contributed by atoms with E-state index < -0.39 is 0 Å². The number of carbonyl (C=O) groups is 1. The van der Waals surface area contributed by atoms with Crippen LogP contribution in [0.5, 0.6) is 17.2 Å². The van der Waals surface area contributed by atoms with Crippen LogP contribution < -0.4 is 9.47 Å². The van der Waals surface area contributed by atoms with E-state index in [2.05, 4.69) is 0 Å². The SMILES string of the molecule is CCOC(=O)CCc1ccc(OC)c(Oc2ccc(CCCO)cc2)c1. The summed E-state index contributed by atoms with van der Waals surface area (Å²) in [6.07, 6.45) is 2.50. The molecule has 0 amide bonds. The fourth-order valence-corrected chi connectivity index (χ4v) is 2.57. The number of aliphatic hydroxyl groups is 1. The van der Waals surface area contributed by atoms with E-state index in [0.717, 1.165) is 24.0 Å². The van der Waals surface area contributed by atoms with Crippen molar-refractivity contribution >= 4 is 5.97 Å². The normalized spacial score (nSPS) is 10.4. The molecule has 1 N–H and O–H groups in total. The molecule has 0 aliphatic rings. The number of carbonyl (C=O) groups excluding carboxylic acids is 1. The molecule has 2 aromatic carbocycles. The molecule has 0 saturated carbocycles. The van der Waals surface area contributed by atoms with E-state index in [1.165, 1.54) is 0 Å². The van der Waals surface area contributed by atoms with Crippen molar-refractivity contribution in [3.8, 4) is 17.2 Å². The second kappa shape index (κ2) is 10.5. The third-order valence-electron chi connectivity index (χ3n) is 3.93. The van der Waals surface area contributed by atoms with Gasteiger partial charge in [-0.3, -0.25) is 4.79 Å². The van der Waals surface area contributed by atoms with Crippen LogP contribution in [0, 0.1) is 0 Å². The van der Waals surface area contributed by atoms with Gasteiger partial charge in [0, 0.05) is 13.0 Å². The van der Waals surface area contributed by atoms with Crippen LogP contribution in [0.4, 0.5) is 0 Å². The maximum Gasteiger partial charge on any atom is 0.306 e. The van der Waals surface area contributed by atoms with Crippen molar-refractivity contribution in [3.05, 3.63) is 53.6 Å². The van der Waals surface area contributed by atoms with Crippen LogP contribution in [0.1, 0.15) is 30.9 Å². The summed E-state index contributed by atoms with van der Waals surface area (Å²) in [6, 6.07) is 13.4. The van der Waals surface area contributed by atoms with Gasteiger partial charge in [0.1, 0.15) is 5.75 Å². The van der Waals surface area contributed by atoms with Crippen molar-refractivity contribution in [1.29, 1.82) is 0 Å². The first-order valence-corrected chi connectivity index (χ1v) is 8.86. The molecule has 0 fully saturated rings. The fourth-order valence-electron chi connectivity index (χ4n) is 2.57. The lowest BCUT2D eigenvalue weighted by atomic mass is 10.1. The molecular formula is C21H26O5. The third kappa shape index (κ3) is 6.08. The van der Waals surface area contributed by atoms with Gasteiger partial charge in [-0.1, -0.05) is 18.2 Å². The minimum absolute atomic E-state index is 0.189. The molecule has 140 valence electrons. The predicted molar refractivity (Wildman–Crippen MR) is 99.9 cm³/mol. The molecule has 0 aromatic heterocycles. The second-order valence-electron chi connectivity index (χ2n) is 5.86. The average molecular weight is 358 g/mol. The van der Waals surface area contributed by atoms with Gasteiger partial charge in [0.25, 0.3) is 0 Å². The predicted octanol–water partition coefficient (Wildman–Crippen LogP) is 3.91. The summed E-state index contributed by atoms with van der Waals surface area (Å²) in [4.78, 5) is 11.5. The van der Waals surface area contributed by atoms with Crippen molar-refractivity contribution < 1.29 is 24.1 Å². The van der Waals surface area contributed by atoms with Gasteiger partial charge >= 0.3 is 5.97 Å². The largest absolute Gasteiger partial charge is 0.493 e. The van der Waals surface area contributed by atoms with Gasteiger partial charge in [-0.05, 0) is 61.6 Å². The Bertz CT molecular complexity index is 694. The first-order chi connectivity index (χ1) is 12.7. The smallest absolute Gasteiger partial charge is 0.306 e. The Kier molecular flexibility index (Phi) is 7.96. The van der Waals surface area contributed by atoms with E-state index in [9.17, 15) is 4.79 Å². The number of esters is 1. The average Bonchev–Trinajstić information content (AvgIpc) is 2.66. The Hall–Kier alpha value is -2.53. The van der Waals surface area contributed by atoms with Crippen molar-refractivity contribution in [2.45, 2.75) is 32.6 Å². The molecule has 0 bridgehead atoms. The molecule has 0 saturated heterocycles. The molecule has 0 aliphatic heterocycles. The van der Waals surface area contributed by atoms with Crippen LogP contribution in [0.3, 0.4) is 0 Å². The van der Waals surface area contributed by atoms with Crippen molar-refractivity contribution in [1.82, 2.24) is 0 Å². The molecule has 2 rings (SSSR count). The number of aryl methyl sites for hydroxylation is 2. The lowest BCUT2D eigenvalue weighted by Gasteiger charge is -2.12. The standard InChI is InChI=1S/C21H26O5/c1-3-25-21(23)13-9-17-8-12-19(24-2)20(15-17)26-18-10-6-16(7-11-18)5-4-14-22/h6-8,10-12,15,22H,3-5,9,13-14H2,1-2H3. The monoisotopic (exact) mass is 358 g/mol. The highest BCUT2D eigenvalue weighted by Gasteiger charge is 2.09. The number of benzene rings is 2. The van der Waals surface area contributed by atoms with Gasteiger partial charge in [-0.15, -0.1) is 0 Å². The van der Waals surface area contributed by atoms with E-state index in [1.54, 1.807) is 14.0 Å². The molecule has 0 radical (unpaired) electrons. The van der Waals surface area contributed by atoms with Crippen molar-refractivity contribution in [2.24, 2.45) is 0 Å². The number of aliphatic hydroxyl groups excluding tert-OH is 1.